The summed E-state index contributed by atoms with van der Waals surface area (Å²) in [5, 5.41) is 11.4. The molecule has 0 N–H and O–H groups in total. The van der Waals surface area contributed by atoms with Gasteiger partial charge in [0.2, 0.25) is 0 Å². The molecule has 0 saturated heterocycles. The highest BCUT2D eigenvalue weighted by Crippen LogP contribution is 2.32. The number of benzene rings is 5. The van der Waals surface area contributed by atoms with Gasteiger partial charge in [0.25, 0.3) is 0 Å². The lowest BCUT2D eigenvalue weighted by Gasteiger charge is -2.11. The Morgan fingerprint density at radius 2 is 1.09 bits per heavy atom. The van der Waals surface area contributed by atoms with Crippen molar-refractivity contribution >= 4 is 26.7 Å². The second-order valence-corrected chi connectivity index (χ2v) is 11.0. The molecule has 0 bridgehead atoms. The van der Waals surface area contributed by atoms with Gasteiger partial charge in [-0.25, -0.2) is 15.0 Å². The largest absolute Gasteiger partial charge is 0.264 e. The van der Waals surface area contributed by atoms with Gasteiger partial charge in [-0.2, -0.15) is 5.26 Å². The summed E-state index contributed by atoms with van der Waals surface area (Å²) in [6, 6.07) is 42.6. The van der Waals surface area contributed by atoms with E-state index in [0.29, 0.717) is 23.0 Å². The number of rotatable bonds is 5. The smallest absolute Gasteiger partial charge is 0.164 e. The van der Waals surface area contributed by atoms with Crippen molar-refractivity contribution in [1.29, 1.82) is 5.26 Å². The molecule has 202 valence electrons. The zero-order chi connectivity index (χ0) is 29.2. The number of nitriles is 1. The predicted octanol–water partition coefficient (Wildman–Crippen LogP) is 9.39. The van der Waals surface area contributed by atoms with Crippen LogP contribution >= 0.6 is 15.9 Å². The van der Waals surface area contributed by atoms with E-state index in [1.165, 1.54) is 0 Å². The average Bonchev–Trinajstić information content (AvgIpc) is 3.08. The highest BCUT2D eigenvalue weighted by Gasteiger charge is 2.15. The van der Waals surface area contributed by atoms with E-state index >= 15 is 0 Å². The van der Waals surface area contributed by atoms with Crippen molar-refractivity contribution in [1.82, 2.24) is 19.9 Å². The second-order valence-electron chi connectivity index (χ2n) is 10.1. The molecule has 6 heteroatoms. The van der Waals surface area contributed by atoms with Crippen molar-refractivity contribution in [3.05, 3.63) is 144 Å². The molecule has 0 unspecified atom stereocenters. The zero-order valence-corrected chi connectivity index (χ0v) is 24.4. The van der Waals surface area contributed by atoms with E-state index in [1.54, 1.807) is 6.20 Å². The van der Waals surface area contributed by atoms with Crippen molar-refractivity contribution in [3.8, 4) is 62.5 Å². The number of hydrogen-bond acceptors (Lipinski definition) is 5. The first kappa shape index (κ1) is 26.4. The summed E-state index contributed by atoms with van der Waals surface area (Å²) in [6.07, 6.45) is 3.61. The summed E-state index contributed by atoms with van der Waals surface area (Å²) < 4.78 is 0.921. The van der Waals surface area contributed by atoms with Gasteiger partial charge in [0, 0.05) is 39.1 Å². The van der Waals surface area contributed by atoms with E-state index in [9.17, 15) is 0 Å². The van der Waals surface area contributed by atoms with E-state index < -0.39 is 0 Å². The minimum atomic E-state index is 0.579. The molecule has 0 aliphatic carbocycles. The van der Waals surface area contributed by atoms with Gasteiger partial charge in [-0.05, 0) is 69.9 Å². The van der Waals surface area contributed by atoms with Crippen molar-refractivity contribution in [2.45, 2.75) is 0 Å². The topological polar surface area (TPSA) is 75.3 Å². The maximum atomic E-state index is 9.14. The molecule has 7 rings (SSSR count). The third-order valence-corrected chi connectivity index (χ3v) is 7.74. The Kier molecular flexibility index (Phi) is 7.00. The van der Waals surface area contributed by atoms with Gasteiger partial charge in [-0.3, -0.25) is 4.98 Å². The second kappa shape index (κ2) is 11.4. The Balaban J connectivity index is 1.36. The Hall–Kier alpha value is -5.51. The minimum Gasteiger partial charge on any atom is -0.264 e. The van der Waals surface area contributed by atoms with Crippen LogP contribution in [-0.2, 0) is 0 Å². The molecule has 2 aromatic heterocycles. The van der Waals surface area contributed by atoms with Crippen LogP contribution in [0.4, 0.5) is 0 Å². The van der Waals surface area contributed by atoms with Gasteiger partial charge < -0.3 is 0 Å². The molecular formula is C37H22BrN5. The van der Waals surface area contributed by atoms with Crippen molar-refractivity contribution in [2.75, 3.05) is 0 Å². The van der Waals surface area contributed by atoms with Crippen LogP contribution in [0.15, 0.2) is 138 Å². The lowest BCUT2D eigenvalue weighted by molar-refractivity contribution is 1.07. The lowest BCUT2D eigenvalue weighted by Crippen LogP contribution is -2.00. The first-order valence-electron chi connectivity index (χ1n) is 13.7. The summed E-state index contributed by atoms with van der Waals surface area (Å²) in [5.74, 6) is 1.77. The molecule has 0 saturated carbocycles. The summed E-state index contributed by atoms with van der Waals surface area (Å²) in [4.78, 5) is 19.2. The highest BCUT2D eigenvalue weighted by molar-refractivity contribution is 9.10. The maximum Gasteiger partial charge on any atom is 0.164 e. The monoisotopic (exact) mass is 615 g/mol. The molecule has 0 aliphatic heterocycles. The minimum absolute atomic E-state index is 0.579. The Morgan fingerprint density at radius 1 is 0.488 bits per heavy atom. The third kappa shape index (κ3) is 5.54. The van der Waals surface area contributed by atoms with E-state index in [1.807, 2.05) is 72.9 Å². The van der Waals surface area contributed by atoms with Crippen LogP contribution in [0.3, 0.4) is 0 Å². The number of nitrogens with zero attached hydrogens (tertiary/aromatic N) is 5. The normalized spacial score (nSPS) is 10.9. The summed E-state index contributed by atoms with van der Waals surface area (Å²) in [6.45, 7) is 0. The molecule has 5 aromatic carbocycles. The van der Waals surface area contributed by atoms with E-state index in [4.69, 9.17) is 20.2 Å². The molecule has 0 spiro atoms. The van der Waals surface area contributed by atoms with Crippen LogP contribution < -0.4 is 0 Å². The predicted molar refractivity (Wildman–Crippen MR) is 175 cm³/mol. The first-order chi connectivity index (χ1) is 21.1. The molecule has 0 atom stereocenters. The Bertz CT molecular complexity index is 2140. The van der Waals surface area contributed by atoms with E-state index in [0.717, 1.165) is 54.2 Å². The number of hydrogen-bond donors (Lipinski definition) is 0. The number of halogens is 1. The number of aromatic nitrogens is 4. The molecule has 0 aliphatic rings. The molecule has 0 amide bonds. The van der Waals surface area contributed by atoms with Crippen LogP contribution in [0.25, 0.3) is 67.2 Å². The average molecular weight is 617 g/mol. The molecule has 0 radical (unpaired) electrons. The third-order valence-electron chi connectivity index (χ3n) is 7.28. The SMILES string of the molecule is N#Cc1ccc(-c2ccc(-c3nc(-c4cc(Br)cc(-c5cccnc5)c4)nc(-c4ccc5ccccc5c4)n3)cc2)cc1. The molecule has 2 heterocycles. The molecular weight excluding hydrogens is 594 g/mol. The molecule has 0 fully saturated rings. The van der Waals surface area contributed by atoms with E-state index in [2.05, 4.69) is 81.6 Å². The molecule has 7 aromatic rings. The fourth-order valence-electron chi connectivity index (χ4n) is 5.06. The van der Waals surface area contributed by atoms with Gasteiger partial charge in [-0.15, -0.1) is 0 Å². The molecule has 43 heavy (non-hydrogen) atoms. The van der Waals surface area contributed by atoms with Crippen LogP contribution in [0.2, 0.25) is 0 Å². The van der Waals surface area contributed by atoms with Crippen LogP contribution in [-0.4, -0.2) is 19.9 Å². The fourth-order valence-corrected chi connectivity index (χ4v) is 5.55. The quantitative estimate of drug-likeness (QED) is 0.193. The van der Waals surface area contributed by atoms with Gasteiger partial charge in [-0.1, -0.05) is 94.8 Å². The van der Waals surface area contributed by atoms with Crippen molar-refractivity contribution in [3.63, 3.8) is 0 Å². The molecule has 5 nitrogen and oxygen atoms in total. The summed E-state index contributed by atoms with van der Waals surface area (Å²) >= 11 is 3.69. The van der Waals surface area contributed by atoms with Gasteiger partial charge >= 0.3 is 0 Å². The van der Waals surface area contributed by atoms with Gasteiger partial charge in [0.15, 0.2) is 17.5 Å². The Labute approximate surface area is 257 Å². The fraction of sp³-hybridized carbons (Fsp3) is 0. The number of fused-ring (bicyclic) bond motifs is 1. The van der Waals surface area contributed by atoms with Crippen LogP contribution in [0, 0.1) is 11.3 Å². The maximum absolute atomic E-state index is 9.14. The van der Waals surface area contributed by atoms with Gasteiger partial charge in [0.05, 0.1) is 11.6 Å². The van der Waals surface area contributed by atoms with Crippen molar-refractivity contribution in [2.24, 2.45) is 0 Å². The summed E-state index contributed by atoms with van der Waals surface area (Å²) in [5.41, 5.74) is 7.41. The summed E-state index contributed by atoms with van der Waals surface area (Å²) in [7, 11) is 0. The van der Waals surface area contributed by atoms with Crippen LogP contribution in [0.5, 0.6) is 0 Å². The number of pyridine rings is 1. The van der Waals surface area contributed by atoms with Crippen molar-refractivity contribution < 1.29 is 0 Å². The Morgan fingerprint density at radius 3 is 1.79 bits per heavy atom. The first-order valence-corrected chi connectivity index (χ1v) is 14.5. The zero-order valence-electron chi connectivity index (χ0n) is 22.8. The lowest BCUT2D eigenvalue weighted by atomic mass is 10.0. The van der Waals surface area contributed by atoms with Crippen LogP contribution in [0.1, 0.15) is 5.56 Å². The highest BCUT2D eigenvalue weighted by atomic mass is 79.9. The van der Waals surface area contributed by atoms with Gasteiger partial charge in [0.1, 0.15) is 0 Å². The standard InChI is InChI=1S/C37H22BrN5/c38-34-20-32(31-6-3-17-40-23-31)19-33(21-34)37-42-35(28-14-11-27(12-15-28)26-9-7-24(22-39)8-10-26)41-36(43-37)30-16-13-25-4-1-2-5-29(25)18-30/h1-21,23H. The van der Waals surface area contributed by atoms with E-state index in [-0.39, 0.29) is 0 Å².